The van der Waals surface area contributed by atoms with Gasteiger partial charge in [0.1, 0.15) is 5.75 Å². The number of benzene rings is 1. The summed E-state index contributed by atoms with van der Waals surface area (Å²) in [5, 5.41) is 2.90. The van der Waals surface area contributed by atoms with Crippen LogP contribution in [0.2, 0.25) is 0 Å². The van der Waals surface area contributed by atoms with Crippen LogP contribution in [-0.2, 0) is 14.8 Å². The Balaban J connectivity index is 2.69. The van der Waals surface area contributed by atoms with Crippen molar-refractivity contribution in [1.29, 1.82) is 0 Å². The highest BCUT2D eigenvalue weighted by atomic mass is 32.2. The van der Waals surface area contributed by atoms with Crippen molar-refractivity contribution in [2.24, 2.45) is 5.92 Å². The van der Waals surface area contributed by atoms with Crippen LogP contribution in [0.25, 0.3) is 0 Å². The number of nitrogens with one attached hydrogen (secondary N) is 1. The van der Waals surface area contributed by atoms with Gasteiger partial charge in [0.25, 0.3) is 5.91 Å². The van der Waals surface area contributed by atoms with Crippen molar-refractivity contribution in [3.8, 4) is 5.75 Å². The summed E-state index contributed by atoms with van der Waals surface area (Å²) >= 11 is 0. The van der Waals surface area contributed by atoms with Crippen LogP contribution in [0.5, 0.6) is 5.75 Å². The Bertz CT molecular complexity index is 626. The first kappa shape index (κ1) is 19.3. The largest absolute Gasteiger partial charge is 0.481 e. The molecular formula is C16H26N2O4S. The highest BCUT2D eigenvalue weighted by Gasteiger charge is 2.18. The predicted molar refractivity (Wildman–Crippen MR) is 92.2 cm³/mol. The maximum Gasteiger partial charge on any atom is 0.260 e. The zero-order valence-corrected chi connectivity index (χ0v) is 15.3. The fourth-order valence-electron chi connectivity index (χ4n) is 1.69. The average Bonchev–Trinajstić information content (AvgIpc) is 2.46. The molecule has 0 spiro atoms. The lowest BCUT2D eigenvalue weighted by Crippen LogP contribution is -2.43. The lowest BCUT2D eigenvalue weighted by Gasteiger charge is -2.21. The molecule has 0 saturated heterocycles. The molecule has 1 N–H and O–H groups in total. The number of anilines is 1. The molecule has 1 aromatic carbocycles. The summed E-state index contributed by atoms with van der Waals surface area (Å²) in [6, 6.07) is 6.63. The van der Waals surface area contributed by atoms with E-state index >= 15 is 0 Å². The van der Waals surface area contributed by atoms with Crippen LogP contribution in [0.4, 0.5) is 5.69 Å². The molecule has 2 atom stereocenters. The molecule has 0 aliphatic carbocycles. The normalized spacial score (nSPS) is 14.2. The highest BCUT2D eigenvalue weighted by molar-refractivity contribution is 7.92. The highest BCUT2D eigenvalue weighted by Crippen LogP contribution is 2.21. The second-order valence-corrected chi connectivity index (χ2v) is 8.04. The summed E-state index contributed by atoms with van der Waals surface area (Å²) in [5.74, 6) is 0.677. The smallest absolute Gasteiger partial charge is 0.260 e. The Labute approximate surface area is 138 Å². The first-order valence-corrected chi connectivity index (χ1v) is 9.38. The molecule has 6 nitrogen and oxygen atoms in total. The van der Waals surface area contributed by atoms with E-state index in [4.69, 9.17) is 4.74 Å². The first-order chi connectivity index (χ1) is 10.5. The van der Waals surface area contributed by atoms with Gasteiger partial charge in [0.2, 0.25) is 10.0 Å². The predicted octanol–water partition coefficient (Wildman–Crippen LogP) is 2.01. The molecule has 0 aliphatic rings. The average molecular weight is 342 g/mol. The van der Waals surface area contributed by atoms with Gasteiger partial charge in [-0.05, 0) is 44.0 Å². The van der Waals surface area contributed by atoms with Gasteiger partial charge in [-0.3, -0.25) is 9.10 Å². The quantitative estimate of drug-likeness (QED) is 0.822. The maximum absolute atomic E-state index is 12.0. The molecule has 0 saturated carbocycles. The number of carbonyl (C=O) groups excluding carboxylic acids is 1. The molecule has 23 heavy (non-hydrogen) atoms. The van der Waals surface area contributed by atoms with E-state index in [9.17, 15) is 13.2 Å². The van der Waals surface area contributed by atoms with Gasteiger partial charge in [0, 0.05) is 13.1 Å². The van der Waals surface area contributed by atoms with Gasteiger partial charge < -0.3 is 10.1 Å². The fourth-order valence-corrected chi connectivity index (χ4v) is 2.20. The number of carbonyl (C=O) groups is 1. The molecule has 1 rings (SSSR count). The SMILES string of the molecule is CC(Oc1ccc(N(C)S(C)(=O)=O)cc1)C(=O)NC(C)C(C)C. The van der Waals surface area contributed by atoms with Crippen molar-refractivity contribution in [3.63, 3.8) is 0 Å². The van der Waals surface area contributed by atoms with Crippen molar-refractivity contribution in [1.82, 2.24) is 5.32 Å². The third-order valence-electron chi connectivity index (χ3n) is 3.75. The number of ether oxygens (including phenoxy) is 1. The molecule has 2 unspecified atom stereocenters. The first-order valence-electron chi connectivity index (χ1n) is 7.53. The molecular weight excluding hydrogens is 316 g/mol. The minimum Gasteiger partial charge on any atom is -0.481 e. The van der Waals surface area contributed by atoms with Gasteiger partial charge in [0.15, 0.2) is 6.10 Å². The lowest BCUT2D eigenvalue weighted by molar-refractivity contribution is -0.128. The summed E-state index contributed by atoms with van der Waals surface area (Å²) in [4.78, 5) is 12.0. The number of amides is 1. The summed E-state index contributed by atoms with van der Waals surface area (Å²) in [6.07, 6.45) is 0.509. The van der Waals surface area contributed by atoms with Crippen molar-refractivity contribution in [2.45, 2.75) is 39.8 Å². The van der Waals surface area contributed by atoms with Gasteiger partial charge in [-0.25, -0.2) is 8.42 Å². The zero-order chi connectivity index (χ0) is 17.8. The topological polar surface area (TPSA) is 75.7 Å². The van der Waals surface area contributed by atoms with Gasteiger partial charge in [-0.1, -0.05) is 13.8 Å². The van der Waals surface area contributed by atoms with E-state index in [2.05, 4.69) is 5.32 Å². The lowest BCUT2D eigenvalue weighted by atomic mass is 10.1. The molecule has 1 aromatic rings. The van der Waals surface area contributed by atoms with Crippen LogP contribution in [0.15, 0.2) is 24.3 Å². The van der Waals surface area contributed by atoms with E-state index in [0.717, 1.165) is 6.26 Å². The van der Waals surface area contributed by atoms with Crippen LogP contribution in [0, 0.1) is 5.92 Å². The van der Waals surface area contributed by atoms with Crippen molar-refractivity contribution < 1.29 is 17.9 Å². The third-order valence-corrected chi connectivity index (χ3v) is 4.96. The van der Waals surface area contributed by atoms with Gasteiger partial charge in [0.05, 0.1) is 11.9 Å². The van der Waals surface area contributed by atoms with Gasteiger partial charge in [-0.15, -0.1) is 0 Å². The van der Waals surface area contributed by atoms with E-state index < -0.39 is 16.1 Å². The second-order valence-electron chi connectivity index (χ2n) is 6.03. The van der Waals surface area contributed by atoms with E-state index in [1.54, 1.807) is 31.2 Å². The maximum atomic E-state index is 12.0. The van der Waals surface area contributed by atoms with Crippen molar-refractivity contribution >= 4 is 21.6 Å². The van der Waals surface area contributed by atoms with Crippen LogP contribution in [0.3, 0.4) is 0 Å². The minimum atomic E-state index is -3.30. The third kappa shape index (κ3) is 5.74. The molecule has 0 radical (unpaired) electrons. The van der Waals surface area contributed by atoms with Crippen LogP contribution < -0.4 is 14.4 Å². The van der Waals surface area contributed by atoms with Gasteiger partial charge >= 0.3 is 0 Å². The van der Waals surface area contributed by atoms with Gasteiger partial charge in [-0.2, -0.15) is 0 Å². The van der Waals surface area contributed by atoms with Crippen LogP contribution >= 0.6 is 0 Å². The molecule has 130 valence electrons. The number of rotatable bonds is 7. The van der Waals surface area contributed by atoms with E-state index in [0.29, 0.717) is 17.4 Å². The number of sulfonamides is 1. The summed E-state index contributed by atoms with van der Waals surface area (Å²) in [7, 11) is -1.82. The second kappa shape index (κ2) is 7.68. The fraction of sp³-hybridized carbons (Fsp3) is 0.562. The Kier molecular flexibility index (Phi) is 6.44. The van der Waals surface area contributed by atoms with Crippen LogP contribution in [-0.4, -0.2) is 39.8 Å². The Morgan fingerprint density at radius 2 is 1.65 bits per heavy atom. The monoisotopic (exact) mass is 342 g/mol. The van der Waals surface area contributed by atoms with Crippen LogP contribution in [0.1, 0.15) is 27.7 Å². The summed E-state index contributed by atoms with van der Waals surface area (Å²) in [6.45, 7) is 7.70. The number of nitrogens with zero attached hydrogens (tertiary/aromatic N) is 1. The number of hydrogen-bond donors (Lipinski definition) is 1. The molecule has 0 bridgehead atoms. The van der Waals surface area contributed by atoms with Crippen molar-refractivity contribution in [2.75, 3.05) is 17.6 Å². The van der Waals surface area contributed by atoms with E-state index in [1.165, 1.54) is 11.4 Å². The minimum absolute atomic E-state index is 0.0688. The molecule has 7 heteroatoms. The Hall–Kier alpha value is -1.76. The Morgan fingerprint density at radius 3 is 2.09 bits per heavy atom. The van der Waals surface area contributed by atoms with E-state index in [-0.39, 0.29) is 11.9 Å². The van der Waals surface area contributed by atoms with Crippen molar-refractivity contribution in [3.05, 3.63) is 24.3 Å². The standard InChI is InChI=1S/C16H26N2O4S/c1-11(2)12(3)17-16(19)13(4)22-15-9-7-14(8-10-15)18(5)23(6,20)21/h7-13H,1-6H3,(H,17,19). The summed E-state index contributed by atoms with van der Waals surface area (Å²) in [5.41, 5.74) is 0.533. The molecule has 0 heterocycles. The summed E-state index contributed by atoms with van der Waals surface area (Å²) < 4.78 is 29.7. The molecule has 0 aromatic heterocycles. The molecule has 0 fully saturated rings. The number of hydrogen-bond acceptors (Lipinski definition) is 4. The van der Waals surface area contributed by atoms with E-state index in [1.807, 2.05) is 20.8 Å². The molecule has 0 aliphatic heterocycles. The molecule has 1 amide bonds. The Morgan fingerprint density at radius 1 is 1.13 bits per heavy atom. The zero-order valence-electron chi connectivity index (χ0n) is 14.5.